The summed E-state index contributed by atoms with van der Waals surface area (Å²) in [5.41, 5.74) is 3.03. The molecule has 4 nitrogen and oxygen atoms in total. The Morgan fingerprint density at radius 1 is 1.00 bits per heavy atom. The highest BCUT2D eigenvalue weighted by atomic mass is 35.5. The van der Waals surface area contributed by atoms with E-state index < -0.39 is 5.97 Å². The number of rotatable bonds is 5. The first-order chi connectivity index (χ1) is 15.1. The molecule has 2 N–H and O–H groups in total. The van der Waals surface area contributed by atoms with Crippen LogP contribution in [-0.2, 0) is 4.74 Å². The minimum Gasteiger partial charge on any atom is -0.465 e. The number of methoxy groups -OCH3 is 1. The van der Waals surface area contributed by atoms with Crippen molar-refractivity contribution in [2.45, 2.75) is 6.04 Å². The van der Waals surface area contributed by atoms with Gasteiger partial charge in [0.15, 0.2) is 5.11 Å². The summed E-state index contributed by atoms with van der Waals surface area (Å²) in [4.78, 5) is 12.3. The third-order valence-electron chi connectivity index (χ3n) is 4.80. The highest BCUT2D eigenvalue weighted by molar-refractivity contribution is 7.80. The lowest BCUT2D eigenvalue weighted by Crippen LogP contribution is -2.32. The molecule has 0 aliphatic heterocycles. The molecule has 156 valence electrons. The first kappa shape index (κ1) is 21.3. The van der Waals surface area contributed by atoms with Crippen LogP contribution in [0.5, 0.6) is 0 Å². The number of nitrogens with one attached hydrogen (secondary N) is 2. The molecule has 0 radical (unpaired) electrons. The van der Waals surface area contributed by atoms with Gasteiger partial charge in [0.05, 0.1) is 18.2 Å². The van der Waals surface area contributed by atoms with E-state index in [-0.39, 0.29) is 6.04 Å². The Labute approximate surface area is 194 Å². The summed E-state index contributed by atoms with van der Waals surface area (Å²) >= 11 is 13.2. The summed E-state index contributed by atoms with van der Waals surface area (Å²) in [6, 6.07) is 25.9. The number of halogens is 1. The third-order valence-corrected chi connectivity index (χ3v) is 6.66. The lowest BCUT2D eigenvalue weighted by molar-refractivity contribution is 0.0606. The Kier molecular flexibility index (Phi) is 6.51. The summed E-state index contributed by atoms with van der Waals surface area (Å²) < 4.78 is 5.69. The summed E-state index contributed by atoms with van der Waals surface area (Å²) in [6.07, 6.45) is 0. The summed E-state index contributed by atoms with van der Waals surface area (Å²) in [7, 11) is 1.34. The first-order valence-electron chi connectivity index (χ1n) is 9.54. The topological polar surface area (TPSA) is 50.4 Å². The molecule has 0 unspecified atom stereocenters. The van der Waals surface area contributed by atoms with Gasteiger partial charge in [-0.3, -0.25) is 0 Å². The number of thiocarbonyl (C=S) groups is 1. The van der Waals surface area contributed by atoms with Crippen molar-refractivity contribution in [1.82, 2.24) is 5.32 Å². The monoisotopic (exact) mass is 466 g/mol. The molecule has 0 aliphatic rings. The minimum atomic E-state index is -0.438. The van der Waals surface area contributed by atoms with Gasteiger partial charge in [-0.25, -0.2) is 4.79 Å². The third kappa shape index (κ3) is 4.71. The molecule has 1 heterocycles. The lowest BCUT2D eigenvalue weighted by atomic mass is 9.99. The molecule has 7 heteroatoms. The van der Waals surface area contributed by atoms with Gasteiger partial charge in [0.1, 0.15) is 4.88 Å². The van der Waals surface area contributed by atoms with Gasteiger partial charge in [-0.1, -0.05) is 72.3 Å². The van der Waals surface area contributed by atoms with E-state index in [0.29, 0.717) is 15.0 Å². The van der Waals surface area contributed by atoms with Crippen molar-refractivity contribution < 1.29 is 9.53 Å². The number of carbonyl (C=O) groups is 1. The van der Waals surface area contributed by atoms with E-state index in [4.69, 9.17) is 28.6 Å². The molecular weight excluding hydrogens is 448 g/mol. The fraction of sp³-hybridized carbons (Fsp3) is 0.0833. The van der Waals surface area contributed by atoms with E-state index in [2.05, 4.69) is 34.9 Å². The van der Waals surface area contributed by atoms with E-state index in [1.165, 1.54) is 18.4 Å². The molecular formula is C24H19ClN2O2S2. The fourth-order valence-electron chi connectivity index (χ4n) is 3.32. The molecule has 4 rings (SSSR count). The number of hydrogen-bond donors (Lipinski definition) is 2. The van der Waals surface area contributed by atoms with E-state index >= 15 is 0 Å². The molecule has 0 saturated heterocycles. The molecule has 0 aliphatic carbocycles. The Morgan fingerprint density at radius 2 is 1.61 bits per heavy atom. The molecule has 0 atom stereocenters. The molecule has 4 aromatic rings. The summed E-state index contributed by atoms with van der Waals surface area (Å²) in [5, 5.41) is 8.37. The minimum absolute atomic E-state index is 0.0896. The van der Waals surface area contributed by atoms with Gasteiger partial charge in [-0.2, -0.15) is 0 Å². The normalized spacial score (nSPS) is 10.8. The van der Waals surface area contributed by atoms with Crippen LogP contribution in [-0.4, -0.2) is 18.2 Å². The number of carbonyl (C=O) groups excluding carboxylic acids is 1. The van der Waals surface area contributed by atoms with Gasteiger partial charge in [0.25, 0.3) is 0 Å². The maximum Gasteiger partial charge on any atom is 0.349 e. The highest BCUT2D eigenvalue weighted by Gasteiger charge is 2.18. The zero-order valence-corrected chi connectivity index (χ0v) is 19.0. The summed E-state index contributed by atoms with van der Waals surface area (Å²) in [6.45, 7) is 0. The van der Waals surface area contributed by atoms with Crippen LogP contribution in [0.3, 0.4) is 0 Å². The largest absolute Gasteiger partial charge is 0.465 e. The van der Waals surface area contributed by atoms with E-state index in [0.717, 1.165) is 26.9 Å². The van der Waals surface area contributed by atoms with Crippen molar-refractivity contribution in [3.05, 3.63) is 99.9 Å². The first-order valence-corrected chi connectivity index (χ1v) is 11.1. The van der Waals surface area contributed by atoms with Crippen LogP contribution in [0.1, 0.15) is 26.8 Å². The van der Waals surface area contributed by atoms with Crippen molar-refractivity contribution in [2.24, 2.45) is 0 Å². The SMILES string of the molecule is COC(=O)c1sc2cc(NC(=S)NC(c3ccccc3)c3ccccc3)ccc2c1Cl. The number of fused-ring (bicyclic) bond motifs is 1. The molecule has 0 spiro atoms. The smallest absolute Gasteiger partial charge is 0.349 e. The van der Waals surface area contributed by atoms with Gasteiger partial charge in [-0.15, -0.1) is 11.3 Å². The predicted molar refractivity (Wildman–Crippen MR) is 132 cm³/mol. The molecule has 0 amide bonds. The van der Waals surface area contributed by atoms with Crippen molar-refractivity contribution in [2.75, 3.05) is 12.4 Å². The average molecular weight is 467 g/mol. The van der Waals surface area contributed by atoms with Crippen LogP contribution in [0, 0.1) is 0 Å². The van der Waals surface area contributed by atoms with Crippen LogP contribution in [0.25, 0.3) is 10.1 Å². The van der Waals surface area contributed by atoms with Gasteiger partial charge >= 0.3 is 5.97 Å². The number of thiophene rings is 1. The number of ether oxygens (including phenoxy) is 1. The van der Waals surface area contributed by atoms with Crippen LogP contribution >= 0.6 is 35.2 Å². The predicted octanol–water partition coefficient (Wildman–Crippen LogP) is 6.42. The van der Waals surface area contributed by atoms with E-state index in [1.807, 2.05) is 54.6 Å². The van der Waals surface area contributed by atoms with Crippen LogP contribution in [0.2, 0.25) is 5.02 Å². The Hall–Kier alpha value is -2.93. The quantitative estimate of drug-likeness (QED) is 0.262. The van der Waals surface area contributed by atoms with Crippen LogP contribution < -0.4 is 10.6 Å². The van der Waals surface area contributed by atoms with Crippen LogP contribution in [0.4, 0.5) is 5.69 Å². The standard InChI is InChI=1S/C24H19ClN2O2S2/c1-29-23(28)22-20(25)18-13-12-17(14-19(18)31-22)26-24(30)27-21(15-8-4-2-5-9-15)16-10-6-3-7-11-16/h2-14,21H,1H3,(H2,26,27,30). The van der Waals surface area contributed by atoms with Gasteiger partial charge in [-0.05, 0) is 41.5 Å². The van der Waals surface area contributed by atoms with Crippen LogP contribution in [0.15, 0.2) is 78.9 Å². The highest BCUT2D eigenvalue weighted by Crippen LogP contribution is 2.37. The maximum atomic E-state index is 11.9. The van der Waals surface area contributed by atoms with Crippen molar-refractivity contribution in [3.63, 3.8) is 0 Å². The molecule has 1 aromatic heterocycles. The van der Waals surface area contributed by atoms with Crippen molar-refractivity contribution in [3.8, 4) is 0 Å². The van der Waals surface area contributed by atoms with Gasteiger partial charge in [0.2, 0.25) is 0 Å². The zero-order valence-electron chi connectivity index (χ0n) is 16.6. The summed E-state index contributed by atoms with van der Waals surface area (Å²) in [5.74, 6) is -0.438. The Bertz CT molecular complexity index is 1190. The molecule has 0 saturated carbocycles. The van der Waals surface area contributed by atoms with Crippen molar-refractivity contribution >= 4 is 62.0 Å². The molecule has 0 fully saturated rings. The number of benzene rings is 3. The van der Waals surface area contributed by atoms with E-state index in [9.17, 15) is 4.79 Å². The number of esters is 1. The lowest BCUT2D eigenvalue weighted by Gasteiger charge is -2.22. The second-order valence-corrected chi connectivity index (χ2v) is 8.64. The average Bonchev–Trinajstić information content (AvgIpc) is 3.14. The fourth-order valence-corrected chi connectivity index (χ4v) is 5.02. The van der Waals surface area contributed by atoms with Gasteiger partial charge < -0.3 is 15.4 Å². The van der Waals surface area contributed by atoms with Gasteiger partial charge in [0, 0.05) is 15.8 Å². The molecule has 31 heavy (non-hydrogen) atoms. The second-order valence-electron chi connectivity index (χ2n) is 6.80. The number of hydrogen-bond acceptors (Lipinski definition) is 4. The van der Waals surface area contributed by atoms with Crippen molar-refractivity contribution in [1.29, 1.82) is 0 Å². The Balaban J connectivity index is 1.56. The molecule has 3 aromatic carbocycles. The zero-order chi connectivity index (χ0) is 21.8. The molecule has 0 bridgehead atoms. The second kappa shape index (κ2) is 9.47. The number of anilines is 1. The maximum absolute atomic E-state index is 11.9. The van der Waals surface area contributed by atoms with E-state index in [1.54, 1.807) is 0 Å². The Morgan fingerprint density at radius 3 is 2.19 bits per heavy atom.